The van der Waals surface area contributed by atoms with E-state index in [1.807, 2.05) is 6.92 Å². The van der Waals surface area contributed by atoms with Crippen molar-refractivity contribution in [2.75, 3.05) is 21.3 Å². The van der Waals surface area contributed by atoms with Crippen LogP contribution >= 0.6 is 0 Å². The van der Waals surface area contributed by atoms with Crippen LogP contribution in [0.3, 0.4) is 0 Å². The highest BCUT2D eigenvalue weighted by molar-refractivity contribution is 5.92. The molecule has 0 unspecified atom stereocenters. The second-order valence-corrected chi connectivity index (χ2v) is 4.99. The fourth-order valence-electron chi connectivity index (χ4n) is 2.17. The van der Waals surface area contributed by atoms with Gasteiger partial charge in [0.1, 0.15) is 0 Å². The van der Waals surface area contributed by atoms with Gasteiger partial charge in [0.15, 0.2) is 11.5 Å². The molecule has 1 aromatic carbocycles. The van der Waals surface area contributed by atoms with Gasteiger partial charge in [0.05, 0.1) is 21.3 Å². The van der Waals surface area contributed by atoms with Crippen LogP contribution in [-0.2, 0) is 4.79 Å². The fraction of sp³-hybridized carbons (Fsp3) is 0.471. The summed E-state index contributed by atoms with van der Waals surface area (Å²) in [6, 6.07) is 3.75. The smallest absolute Gasteiger partial charge is 0.244 e. The zero-order valence-electron chi connectivity index (χ0n) is 13.9. The molecule has 1 aromatic rings. The Labute approximate surface area is 132 Å². The summed E-state index contributed by atoms with van der Waals surface area (Å²) in [4.78, 5) is 11.8. The van der Waals surface area contributed by atoms with Crippen LogP contribution in [0.15, 0.2) is 18.2 Å². The summed E-state index contributed by atoms with van der Waals surface area (Å²) in [5, 5.41) is 2.92. The number of carbonyl (C=O) groups is 1. The lowest BCUT2D eigenvalue weighted by molar-refractivity contribution is -0.117. The predicted molar refractivity (Wildman–Crippen MR) is 87.6 cm³/mol. The Morgan fingerprint density at radius 2 is 1.77 bits per heavy atom. The highest BCUT2D eigenvalue weighted by atomic mass is 16.5. The van der Waals surface area contributed by atoms with E-state index < -0.39 is 0 Å². The minimum Gasteiger partial charge on any atom is -0.493 e. The molecule has 0 aliphatic carbocycles. The number of hydrogen-bond acceptors (Lipinski definition) is 4. The van der Waals surface area contributed by atoms with Crippen molar-refractivity contribution in [3.8, 4) is 17.2 Å². The minimum absolute atomic E-state index is 0.116. The predicted octanol–water partition coefficient (Wildman–Crippen LogP) is 3.03. The van der Waals surface area contributed by atoms with Gasteiger partial charge in [0, 0.05) is 12.1 Å². The van der Waals surface area contributed by atoms with Crippen molar-refractivity contribution in [3.05, 3.63) is 23.8 Å². The van der Waals surface area contributed by atoms with Crippen LogP contribution in [0, 0.1) is 0 Å². The lowest BCUT2D eigenvalue weighted by atomic mass is 10.1. The van der Waals surface area contributed by atoms with Crippen molar-refractivity contribution in [1.82, 2.24) is 5.32 Å². The standard InChI is InChI=1S/C17H25NO4/c1-6-7-12(2)18-16(19)9-8-13-10-14(20-3)17(22-5)15(11-13)21-4/h8-12H,6-7H2,1-5H3,(H,18,19)/b9-8+/t12-/m0/s1. The molecular formula is C17H25NO4. The van der Waals surface area contributed by atoms with Gasteiger partial charge in [-0.1, -0.05) is 13.3 Å². The highest BCUT2D eigenvalue weighted by Crippen LogP contribution is 2.38. The zero-order valence-corrected chi connectivity index (χ0v) is 13.9. The van der Waals surface area contributed by atoms with Crippen LogP contribution in [0.5, 0.6) is 17.2 Å². The lowest BCUT2D eigenvalue weighted by Gasteiger charge is -2.13. The van der Waals surface area contributed by atoms with E-state index in [1.54, 1.807) is 39.5 Å². The number of rotatable bonds is 8. The summed E-state index contributed by atoms with van der Waals surface area (Å²) in [7, 11) is 4.67. The number of methoxy groups -OCH3 is 3. The molecule has 22 heavy (non-hydrogen) atoms. The first-order chi connectivity index (χ1) is 10.5. The highest BCUT2D eigenvalue weighted by Gasteiger charge is 2.12. The number of amides is 1. The van der Waals surface area contributed by atoms with Gasteiger partial charge in [0.2, 0.25) is 11.7 Å². The van der Waals surface area contributed by atoms with Crippen molar-refractivity contribution in [1.29, 1.82) is 0 Å². The maximum atomic E-state index is 11.8. The van der Waals surface area contributed by atoms with Crippen molar-refractivity contribution in [3.63, 3.8) is 0 Å². The SMILES string of the molecule is CCC[C@H](C)NC(=O)/C=C/c1cc(OC)c(OC)c(OC)c1. The largest absolute Gasteiger partial charge is 0.493 e. The summed E-state index contributed by atoms with van der Waals surface area (Å²) < 4.78 is 15.8. The van der Waals surface area contributed by atoms with E-state index in [1.165, 1.54) is 6.08 Å². The monoisotopic (exact) mass is 307 g/mol. The molecule has 0 radical (unpaired) electrons. The zero-order chi connectivity index (χ0) is 16.5. The first kappa shape index (κ1) is 17.9. The molecule has 0 aliphatic heterocycles. The van der Waals surface area contributed by atoms with E-state index in [2.05, 4.69) is 12.2 Å². The van der Waals surface area contributed by atoms with Crippen LogP contribution in [-0.4, -0.2) is 33.3 Å². The van der Waals surface area contributed by atoms with E-state index in [0.717, 1.165) is 18.4 Å². The van der Waals surface area contributed by atoms with Gasteiger partial charge in [-0.2, -0.15) is 0 Å². The summed E-state index contributed by atoms with van der Waals surface area (Å²) in [5.41, 5.74) is 0.799. The number of hydrogen-bond donors (Lipinski definition) is 1. The Morgan fingerprint density at radius 3 is 2.23 bits per heavy atom. The molecular weight excluding hydrogens is 282 g/mol. The van der Waals surface area contributed by atoms with Gasteiger partial charge in [-0.25, -0.2) is 0 Å². The third-order valence-corrected chi connectivity index (χ3v) is 3.22. The molecule has 5 nitrogen and oxygen atoms in total. The Kier molecular flexibility index (Phi) is 7.29. The van der Waals surface area contributed by atoms with Crippen molar-refractivity contribution < 1.29 is 19.0 Å². The molecule has 0 spiro atoms. The fourth-order valence-corrected chi connectivity index (χ4v) is 2.17. The minimum atomic E-state index is -0.116. The maximum Gasteiger partial charge on any atom is 0.244 e. The second kappa shape index (κ2) is 8.97. The number of benzene rings is 1. The van der Waals surface area contributed by atoms with Crippen LogP contribution in [0.25, 0.3) is 6.08 Å². The number of ether oxygens (including phenoxy) is 3. The van der Waals surface area contributed by atoms with Gasteiger partial charge in [-0.3, -0.25) is 4.79 Å². The van der Waals surface area contributed by atoms with E-state index in [9.17, 15) is 4.79 Å². The topological polar surface area (TPSA) is 56.8 Å². The van der Waals surface area contributed by atoms with Gasteiger partial charge in [-0.05, 0) is 37.1 Å². The molecule has 0 aliphatic rings. The van der Waals surface area contributed by atoms with Gasteiger partial charge in [0.25, 0.3) is 0 Å². The molecule has 122 valence electrons. The van der Waals surface area contributed by atoms with Gasteiger partial charge < -0.3 is 19.5 Å². The van der Waals surface area contributed by atoms with E-state index in [-0.39, 0.29) is 11.9 Å². The average Bonchev–Trinajstić information content (AvgIpc) is 2.51. The summed E-state index contributed by atoms with van der Waals surface area (Å²) in [6.45, 7) is 4.09. The summed E-state index contributed by atoms with van der Waals surface area (Å²) in [5.74, 6) is 1.53. The molecule has 0 fully saturated rings. The molecule has 0 bridgehead atoms. The maximum absolute atomic E-state index is 11.8. The average molecular weight is 307 g/mol. The molecule has 5 heteroatoms. The molecule has 0 aromatic heterocycles. The summed E-state index contributed by atoms with van der Waals surface area (Å²) in [6.07, 6.45) is 5.23. The first-order valence-corrected chi connectivity index (χ1v) is 7.34. The van der Waals surface area contributed by atoms with Crippen LogP contribution in [0.1, 0.15) is 32.3 Å². The normalized spacial score (nSPS) is 12.0. The molecule has 0 saturated heterocycles. The molecule has 1 N–H and O–H groups in total. The number of nitrogens with one attached hydrogen (secondary N) is 1. The Bertz CT molecular complexity index is 500. The third kappa shape index (κ3) is 4.98. The molecule has 0 saturated carbocycles. The van der Waals surface area contributed by atoms with E-state index in [4.69, 9.17) is 14.2 Å². The molecule has 1 rings (SSSR count). The van der Waals surface area contributed by atoms with E-state index >= 15 is 0 Å². The van der Waals surface area contributed by atoms with Crippen molar-refractivity contribution in [2.45, 2.75) is 32.7 Å². The number of carbonyl (C=O) groups excluding carboxylic acids is 1. The van der Waals surface area contributed by atoms with Crippen molar-refractivity contribution in [2.24, 2.45) is 0 Å². The van der Waals surface area contributed by atoms with Crippen LogP contribution in [0.4, 0.5) is 0 Å². The van der Waals surface area contributed by atoms with Crippen molar-refractivity contribution >= 4 is 12.0 Å². The Hall–Kier alpha value is -2.17. The molecule has 0 heterocycles. The summed E-state index contributed by atoms with van der Waals surface area (Å²) >= 11 is 0. The van der Waals surface area contributed by atoms with Crippen LogP contribution in [0.2, 0.25) is 0 Å². The first-order valence-electron chi connectivity index (χ1n) is 7.34. The van der Waals surface area contributed by atoms with E-state index in [0.29, 0.717) is 17.2 Å². The molecule has 1 amide bonds. The Morgan fingerprint density at radius 1 is 1.18 bits per heavy atom. The van der Waals surface area contributed by atoms with Gasteiger partial charge in [-0.15, -0.1) is 0 Å². The van der Waals surface area contributed by atoms with Crippen LogP contribution < -0.4 is 19.5 Å². The second-order valence-electron chi connectivity index (χ2n) is 4.99. The Balaban J connectivity index is 2.89. The molecule has 1 atom stereocenters. The quantitative estimate of drug-likeness (QED) is 0.750. The third-order valence-electron chi connectivity index (χ3n) is 3.22. The lowest BCUT2D eigenvalue weighted by Crippen LogP contribution is -2.30. The van der Waals surface area contributed by atoms with Gasteiger partial charge >= 0.3 is 0 Å².